The fourth-order valence-electron chi connectivity index (χ4n) is 4.12. The zero-order chi connectivity index (χ0) is 28.8. The van der Waals surface area contributed by atoms with Gasteiger partial charge in [0.25, 0.3) is 19.7 Å². The monoisotopic (exact) mass is 629 g/mol. The molecule has 4 rings (SSSR count). The number of alkyl halides is 6. The number of ether oxygens (including phenoxy) is 1. The van der Waals surface area contributed by atoms with E-state index in [1.807, 2.05) is 0 Å². The molecule has 0 radical (unpaired) electrons. The summed E-state index contributed by atoms with van der Waals surface area (Å²) < 4.78 is 83.3. The van der Waals surface area contributed by atoms with Crippen LogP contribution in [-0.4, -0.2) is 72.2 Å². The van der Waals surface area contributed by atoms with E-state index in [1.165, 1.54) is 15.9 Å². The molecule has 210 valence electrons. The third kappa shape index (κ3) is 6.21. The van der Waals surface area contributed by atoms with Gasteiger partial charge in [0.1, 0.15) is 11.6 Å². The molecule has 39 heavy (non-hydrogen) atoms. The van der Waals surface area contributed by atoms with Crippen LogP contribution in [0.2, 0.25) is 0 Å². The van der Waals surface area contributed by atoms with Crippen molar-refractivity contribution in [1.82, 2.24) is 8.87 Å². The van der Waals surface area contributed by atoms with E-state index in [1.54, 1.807) is 0 Å². The number of anilines is 1. The Morgan fingerprint density at radius 3 is 2.28 bits per heavy atom. The summed E-state index contributed by atoms with van der Waals surface area (Å²) in [6.45, 7) is -1.50. The number of piperazine rings is 1. The first-order valence-electron chi connectivity index (χ1n) is 11.1. The van der Waals surface area contributed by atoms with Crippen LogP contribution in [0.1, 0.15) is 10.4 Å². The highest BCUT2D eigenvalue weighted by atomic mass is 35.6. The Bertz CT molecular complexity index is 1530. The van der Waals surface area contributed by atoms with Crippen LogP contribution in [0.5, 0.6) is 5.75 Å². The van der Waals surface area contributed by atoms with E-state index in [0.29, 0.717) is 6.29 Å². The normalized spacial score (nSPS) is 15.1. The van der Waals surface area contributed by atoms with Crippen LogP contribution >= 0.6 is 34.8 Å². The quantitative estimate of drug-likeness (QED) is 0.221. The highest BCUT2D eigenvalue weighted by Crippen LogP contribution is 2.36. The number of hydrogen-bond acceptors (Lipinski definition) is 6. The Morgan fingerprint density at radius 2 is 1.69 bits per heavy atom. The summed E-state index contributed by atoms with van der Waals surface area (Å²) in [5.41, 5.74) is -0.108. The molecule has 1 aliphatic heterocycles. The van der Waals surface area contributed by atoms with Gasteiger partial charge in [-0.3, -0.25) is 9.59 Å². The number of carbonyl (C=O) groups excluding carboxylic acids is 2. The summed E-state index contributed by atoms with van der Waals surface area (Å²) in [6, 6.07) is 6.50. The van der Waals surface area contributed by atoms with Crippen molar-refractivity contribution in [2.45, 2.75) is 14.9 Å². The van der Waals surface area contributed by atoms with E-state index in [9.17, 15) is 35.6 Å². The number of halogens is 7. The van der Waals surface area contributed by atoms with Gasteiger partial charge in [0.15, 0.2) is 12.9 Å². The van der Waals surface area contributed by atoms with E-state index < -0.39 is 38.3 Å². The Labute approximate surface area is 234 Å². The third-order valence-corrected chi connectivity index (χ3v) is 8.07. The summed E-state index contributed by atoms with van der Waals surface area (Å²) in [4.78, 5) is 26.2. The van der Waals surface area contributed by atoms with E-state index in [-0.39, 0.29) is 59.0 Å². The van der Waals surface area contributed by atoms with Crippen molar-refractivity contribution in [3.8, 4) is 5.75 Å². The van der Waals surface area contributed by atoms with Gasteiger partial charge in [-0.2, -0.15) is 13.2 Å². The second-order valence-corrected chi connectivity index (χ2v) is 12.6. The molecule has 2 aromatic carbocycles. The van der Waals surface area contributed by atoms with Crippen LogP contribution in [0, 0.1) is 5.82 Å². The minimum atomic E-state index is -4.67. The van der Waals surface area contributed by atoms with E-state index >= 15 is 0 Å². The number of fused-ring (bicyclic) bond motifs is 1. The summed E-state index contributed by atoms with van der Waals surface area (Å²) in [7, 11) is -4.47. The Kier molecular flexibility index (Phi) is 8.01. The molecule has 0 aliphatic carbocycles. The van der Waals surface area contributed by atoms with Gasteiger partial charge in [-0.1, -0.05) is 34.8 Å². The highest BCUT2D eigenvalue weighted by molar-refractivity contribution is 7.90. The van der Waals surface area contributed by atoms with E-state index in [2.05, 4.69) is 0 Å². The number of amides is 1. The number of rotatable bonds is 6. The largest absolute Gasteiger partial charge is 0.482 e. The molecule has 1 fully saturated rings. The lowest BCUT2D eigenvalue weighted by molar-refractivity contribution is -0.153. The second kappa shape index (κ2) is 10.7. The van der Waals surface area contributed by atoms with Crippen LogP contribution in [0.15, 0.2) is 47.5 Å². The summed E-state index contributed by atoms with van der Waals surface area (Å²) >= 11 is 17.0. The molecule has 8 nitrogen and oxygen atoms in total. The molecular formula is C23H18Cl3F4N3O5S. The van der Waals surface area contributed by atoms with E-state index in [4.69, 9.17) is 39.5 Å². The molecule has 2 heterocycles. The minimum absolute atomic E-state index is 0.000407. The van der Waals surface area contributed by atoms with Crippen molar-refractivity contribution in [3.63, 3.8) is 0 Å². The molecule has 1 aromatic heterocycles. The van der Waals surface area contributed by atoms with Crippen LogP contribution < -0.4 is 9.64 Å². The first-order valence-corrected chi connectivity index (χ1v) is 13.7. The second-order valence-electron chi connectivity index (χ2n) is 8.48. The SMILES string of the molecule is O=Cc1cn(S(=O)(=O)c2ccc(OCC(F)(F)F)c(N3CCN(C(=O)C(Cl)(Cl)Cl)CC3)c2)c2cc(F)ccc12. The highest BCUT2D eigenvalue weighted by Gasteiger charge is 2.37. The first kappa shape index (κ1) is 29.2. The van der Waals surface area contributed by atoms with Crippen molar-refractivity contribution in [2.24, 2.45) is 0 Å². The molecule has 0 spiro atoms. The number of aldehydes is 1. The number of benzene rings is 2. The van der Waals surface area contributed by atoms with Crippen LogP contribution in [0.3, 0.4) is 0 Å². The molecule has 1 saturated heterocycles. The fraction of sp³-hybridized carbons (Fsp3) is 0.304. The van der Waals surface area contributed by atoms with Crippen LogP contribution in [0.4, 0.5) is 23.2 Å². The zero-order valence-electron chi connectivity index (χ0n) is 19.6. The van der Waals surface area contributed by atoms with Gasteiger partial charge in [0.05, 0.1) is 16.1 Å². The van der Waals surface area contributed by atoms with Gasteiger partial charge in [-0.15, -0.1) is 0 Å². The molecule has 1 aliphatic rings. The minimum Gasteiger partial charge on any atom is -0.482 e. The average Bonchev–Trinajstić information content (AvgIpc) is 3.24. The smallest absolute Gasteiger partial charge is 0.422 e. The lowest BCUT2D eigenvalue weighted by Gasteiger charge is -2.37. The van der Waals surface area contributed by atoms with Gasteiger partial charge in [-0.25, -0.2) is 16.8 Å². The predicted octanol–water partition coefficient (Wildman–Crippen LogP) is 4.79. The average molecular weight is 631 g/mol. The Morgan fingerprint density at radius 1 is 1.03 bits per heavy atom. The predicted molar refractivity (Wildman–Crippen MR) is 137 cm³/mol. The summed E-state index contributed by atoms with van der Waals surface area (Å²) in [5, 5.41) is 0.190. The molecular weight excluding hydrogens is 613 g/mol. The van der Waals surface area contributed by atoms with Gasteiger partial charge in [-0.05, 0) is 36.4 Å². The van der Waals surface area contributed by atoms with Crippen molar-refractivity contribution in [1.29, 1.82) is 0 Å². The maximum atomic E-state index is 14.0. The molecule has 0 saturated carbocycles. The fourth-order valence-corrected chi connectivity index (χ4v) is 5.87. The van der Waals surface area contributed by atoms with Gasteiger partial charge >= 0.3 is 6.18 Å². The van der Waals surface area contributed by atoms with Gasteiger partial charge < -0.3 is 14.5 Å². The van der Waals surface area contributed by atoms with Crippen molar-refractivity contribution < 1.29 is 40.3 Å². The summed E-state index contributed by atoms with van der Waals surface area (Å²) in [5.74, 6) is -1.78. The third-order valence-electron chi connectivity index (χ3n) is 5.92. The van der Waals surface area contributed by atoms with Crippen molar-refractivity contribution in [2.75, 3.05) is 37.7 Å². The van der Waals surface area contributed by atoms with Crippen LogP contribution in [0.25, 0.3) is 10.9 Å². The Balaban J connectivity index is 1.74. The van der Waals surface area contributed by atoms with Crippen LogP contribution in [-0.2, 0) is 14.8 Å². The lowest BCUT2D eigenvalue weighted by Crippen LogP contribution is -2.51. The molecule has 0 unspecified atom stereocenters. The van der Waals surface area contributed by atoms with E-state index in [0.717, 1.165) is 40.5 Å². The summed E-state index contributed by atoms with van der Waals surface area (Å²) in [6.07, 6.45) is -3.22. The number of aromatic nitrogens is 1. The van der Waals surface area contributed by atoms with Crippen molar-refractivity contribution in [3.05, 3.63) is 54.0 Å². The lowest BCUT2D eigenvalue weighted by atomic mass is 10.2. The molecule has 0 N–H and O–H groups in total. The Hall–Kier alpha value is -2.74. The molecule has 1 amide bonds. The number of hydrogen-bond donors (Lipinski definition) is 0. The molecule has 3 aromatic rings. The molecule has 16 heteroatoms. The van der Waals surface area contributed by atoms with Crippen molar-refractivity contribution >= 4 is 73.6 Å². The standard InChI is InChI=1S/C23H18Cl3F4N3O5S/c24-23(25,26)21(35)32-7-5-31(6-8-32)19-10-16(2-4-20(19)38-13-22(28,29)30)39(36,37)33-11-14(12-34)17-3-1-15(27)9-18(17)33/h1-4,9-12H,5-8,13H2. The zero-order valence-corrected chi connectivity index (χ0v) is 22.7. The number of nitrogens with zero attached hydrogens (tertiary/aromatic N) is 3. The number of carbonyl (C=O) groups is 2. The molecule has 0 atom stereocenters. The molecule has 0 bridgehead atoms. The van der Waals surface area contributed by atoms with Gasteiger partial charge in [0, 0.05) is 43.3 Å². The first-order chi connectivity index (χ1) is 18.1. The van der Waals surface area contributed by atoms with Gasteiger partial charge in [0.2, 0.25) is 0 Å². The topological polar surface area (TPSA) is 88.9 Å². The maximum Gasteiger partial charge on any atom is 0.422 e. The maximum absolute atomic E-state index is 14.0.